The highest BCUT2D eigenvalue weighted by atomic mass is 35.5. The summed E-state index contributed by atoms with van der Waals surface area (Å²) >= 11 is 12.1. The SMILES string of the molecule is NNC(Cc1ccc(Cl)cc1Cl)C1C2CCCC21. The number of hydrogen-bond acceptors (Lipinski definition) is 2. The van der Waals surface area contributed by atoms with Crippen LogP contribution in [-0.4, -0.2) is 6.04 Å². The highest BCUT2D eigenvalue weighted by Crippen LogP contribution is 2.59. The molecule has 2 aliphatic carbocycles. The van der Waals surface area contributed by atoms with E-state index in [9.17, 15) is 0 Å². The maximum atomic E-state index is 6.22. The second-order valence-corrected chi connectivity index (χ2v) is 6.39. The van der Waals surface area contributed by atoms with Gasteiger partial charge < -0.3 is 0 Å². The molecular formula is C14H18Cl2N2. The fraction of sp³-hybridized carbons (Fsp3) is 0.571. The Hall–Kier alpha value is -0.280. The lowest BCUT2D eigenvalue weighted by atomic mass is 9.97. The Bertz CT molecular complexity index is 439. The summed E-state index contributed by atoms with van der Waals surface area (Å²) in [6.07, 6.45) is 5.04. The topological polar surface area (TPSA) is 38.0 Å². The molecule has 0 bridgehead atoms. The standard InChI is InChI=1S/C14H18Cl2N2/c15-9-5-4-8(12(16)7-9)6-13(18-17)14-10-2-1-3-11(10)14/h4-5,7,10-11,13-14,18H,1-3,6,17H2. The van der Waals surface area contributed by atoms with Crippen LogP contribution in [0, 0.1) is 17.8 Å². The molecule has 98 valence electrons. The number of benzene rings is 1. The van der Waals surface area contributed by atoms with Gasteiger partial charge in [-0.25, -0.2) is 0 Å². The van der Waals surface area contributed by atoms with Crippen molar-refractivity contribution in [3.63, 3.8) is 0 Å². The summed E-state index contributed by atoms with van der Waals surface area (Å²) in [6.45, 7) is 0. The Morgan fingerprint density at radius 1 is 1.28 bits per heavy atom. The van der Waals surface area contributed by atoms with Gasteiger partial charge in [0.05, 0.1) is 0 Å². The Morgan fingerprint density at radius 3 is 2.61 bits per heavy atom. The van der Waals surface area contributed by atoms with Gasteiger partial charge in [0, 0.05) is 16.1 Å². The summed E-state index contributed by atoms with van der Waals surface area (Å²) in [7, 11) is 0. The second kappa shape index (κ2) is 5.01. The van der Waals surface area contributed by atoms with Gasteiger partial charge in [0.25, 0.3) is 0 Å². The maximum absolute atomic E-state index is 6.22. The molecular weight excluding hydrogens is 267 g/mol. The summed E-state index contributed by atoms with van der Waals surface area (Å²) in [5.41, 5.74) is 4.12. The van der Waals surface area contributed by atoms with E-state index in [1.807, 2.05) is 12.1 Å². The third kappa shape index (κ3) is 2.27. The Balaban J connectivity index is 1.70. The number of nitrogens with one attached hydrogen (secondary N) is 1. The second-order valence-electron chi connectivity index (χ2n) is 5.55. The van der Waals surface area contributed by atoms with E-state index in [0.29, 0.717) is 11.1 Å². The predicted molar refractivity (Wildman–Crippen MR) is 75.6 cm³/mol. The minimum Gasteiger partial charge on any atom is -0.271 e. The highest BCUT2D eigenvalue weighted by Gasteiger charge is 2.55. The van der Waals surface area contributed by atoms with E-state index in [1.54, 1.807) is 6.07 Å². The van der Waals surface area contributed by atoms with E-state index in [4.69, 9.17) is 29.0 Å². The number of hydrazine groups is 1. The van der Waals surface area contributed by atoms with Crippen LogP contribution < -0.4 is 11.3 Å². The molecule has 3 unspecified atom stereocenters. The minimum absolute atomic E-state index is 0.346. The molecule has 0 spiro atoms. The van der Waals surface area contributed by atoms with E-state index >= 15 is 0 Å². The first-order valence-electron chi connectivity index (χ1n) is 6.60. The van der Waals surface area contributed by atoms with E-state index in [-0.39, 0.29) is 0 Å². The number of hydrogen-bond donors (Lipinski definition) is 2. The quantitative estimate of drug-likeness (QED) is 0.657. The van der Waals surface area contributed by atoms with E-state index in [0.717, 1.165) is 34.8 Å². The van der Waals surface area contributed by atoms with Gasteiger partial charge in [-0.15, -0.1) is 0 Å². The van der Waals surface area contributed by atoms with E-state index in [2.05, 4.69) is 5.43 Å². The van der Waals surface area contributed by atoms with Crippen LogP contribution in [0.2, 0.25) is 10.0 Å². The first kappa shape index (κ1) is 12.7. The monoisotopic (exact) mass is 284 g/mol. The van der Waals surface area contributed by atoms with Crippen LogP contribution in [0.25, 0.3) is 0 Å². The normalized spacial score (nSPS) is 31.2. The molecule has 2 fully saturated rings. The lowest BCUT2D eigenvalue weighted by molar-refractivity contribution is 0.410. The number of halogens is 2. The van der Waals surface area contributed by atoms with Crippen molar-refractivity contribution < 1.29 is 0 Å². The van der Waals surface area contributed by atoms with Crippen LogP contribution in [0.3, 0.4) is 0 Å². The van der Waals surface area contributed by atoms with Crippen LogP contribution in [0.5, 0.6) is 0 Å². The molecule has 0 saturated heterocycles. The molecule has 1 aromatic carbocycles. The number of fused-ring (bicyclic) bond motifs is 1. The molecule has 1 aromatic rings. The van der Waals surface area contributed by atoms with Crippen molar-refractivity contribution in [2.45, 2.75) is 31.7 Å². The van der Waals surface area contributed by atoms with Gasteiger partial charge in [0.1, 0.15) is 0 Å². The van der Waals surface area contributed by atoms with Crippen molar-refractivity contribution in [2.75, 3.05) is 0 Å². The van der Waals surface area contributed by atoms with Crippen molar-refractivity contribution in [1.82, 2.24) is 5.43 Å². The van der Waals surface area contributed by atoms with Gasteiger partial charge >= 0.3 is 0 Å². The van der Waals surface area contributed by atoms with Gasteiger partial charge in [0.15, 0.2) is 0 Å². The zero-order valence-electron chi connectivity index (χ0n) is 10.2. The van der Waals surface area contributed by atoms with Gasteiger partial charge in [-0.1, -0.05) is 35.7 Å². The Morgan fingerprint density at radius 2 is 2.00 bits per heavy atom. The van der Waals surface area contributed by atoms with Gasteiger partial charge in [-0.3, -0.25) is 11.3 Å². The average molecular weight is 285 g/mol. The molecule has 0 aromatic heterocycles. The van der Waals surface area contributed by atoms with Gasteiger partial charge in [-0.2, -0.15) is 0 Å². The summed E-state index contributed by atoms with van der Waals surface area (Å²) in [5, 5.41) is 1.43. The van der Waals surface area contributed by atoms with Crippen LogP contribution in [0.15, 0.2) is 18.2 Å². The molecule has 0 amide bonds. The van der Waals surface area contributed by atoms with Crippen molar-refractivity contribution in [2.24, 2.45) is 23.6 Å². The molecule has 2 aliphatic rings. The molecule has 2 nitrogen and oxygen atoms in total. The van der Waals surface area contributed by atoms with Crippen LogP contribution in [0.4, 0.5) is 0 Å². The van der Waals surface area contributed by atoms with Crippen molar-refractivity contribution in [1.29, 1.82) is 0 Å². The minimum atomic E-state index is 0.346. The van der Waals surface area contributed by atoms with Crippen molar-refractivity contribution >= 4 is 23.2 Å². The molecule has 4 heteroatoms. The maximum Gasteiger partial charge on any atom is 0.0453 e. The predicted octanol–water partition coefficient (Wildman–Crippen LogP) is 3.41. The largest absolute Gasteiger partial charge is 0.271 e. The summed E-state index contributed by atoms with van der Waals surface area (Å²) in [5.74, 6) is 8.27. The molecule has 0 radical (unpaired) electrons. The van der Waals surface area contributed by atoms with Gasteiger partial charge in [0.2, 0.25) is 0 Å². The molecule has 3 rings (SSSR count). The Labute approximate surface area is 118 Å². The lowest BCUT2D eigenvalue weighted by Crippen LogP contribution is -2.39. The summed E-state index contributed by atoms with van der Waals surface area (Å²) in [4.78, 5) is 0. The van der Waals surface area contributed by atoms with E-state index in [1.165, 1.54) is 19.3 Å². The Kier molecular flexibility index (Phi) is 3.55. The zero-order valence-corrected chi connectivity index (χ0v) is 11.7. The fourth-order valence-electron chi connectivity index (χ4n) is 3.70. The first-order valence-corrected chi connectivity index (χ1v) is 7.36. The molecule has 18 heavy (non-hydrogen) atoms. The van der Waals surface area contributed by atoms with Crippen LogP contribution in [0.1, 0.15) is 24.8 Å². The summed E-state index contributed by atoms with van der Waals surface area (Å²) in [6, 6.07) is 6.05. The highest BCUT2D eigenvalue weighted by molar-refractivity contribution is 6.35. The number of nitrogens with two attached hydrogens (primary N) is 1. The van der Waals surface area contributed by atoms with Crippen molar-refractivity contribution in [3.05, 3.63) is 33.8 Å². The van der Waals surface area contributed by atoms with Gasteiger partial charge in [-0.05, 0) is 54.7 Å². The average Bonchev–Trinajstić information content (AvgIpc) is 2.82. The molecule has 2 saturated carbocycles. The van der Waals surface area contributed by atoms with Crippen molar-refractivity contribution in [3.8, 4) is 0 Å². The smallest absolute Gasteiger partial charge is 0.0453 e. The molecule has 0 aliphatic heterocycles. The first-order chi connectivity index (χ1) is 8.70. The third-order valence-electron chi connectivity index (χ3n) is 4.61. The van der Waals surface area contributed by atoms with Crippen LogP contribution in [-0.2, 0) is 6.42 Å². The lowest BCUT2D eigenvalue weighted by Gasteiger charge is -2.18. The molecule has 3 atom stereocenters. The third-order valence-corrected chi connectivity index (χ3v) is 5.19. The summed E-state index contributed by atoms with van der Waals surface area (Å²) < 4.78 is 0. The molecule has 0 heterocycles. The molecule has 3 N–H and O–H groups in total. The van der Waals surface area contributed by atoms with E-state index < -0.39 is 0 Å². The van der Waals surface area contributed by atoms with Crippen LogP contribution >= 0.6 is 23.2 Å². The number of rotatable bonds is 4. The fourth-order valence-corrected chi connectivity index (χ4v) is 4.19. The zero-order chi connectivity index (χ0) is 12.7.